The number of carbonyl (C=O) groups excluding carboxylic acids is 2. The van der Waals surface area contributed by atoms with Crippen LogP contribution in [0.4, 0.5) is 0 Å². The number of rotatable bonds is 35. The predicted octanol–water partition coefficient (Wildman–Crippen LogP) is 9.01. The fraction of sp³-hybridized carbons (Fsp3) is 0.738. The van der Waals surface area contributed by atoms with Gasteiger partial charge in [-0.2, -0.15) is 0 Å². The first kappa shape index (κ1) is 49.6. The molecule has 0 fully saturated rings. The molecule has 0 spiro atoms. The van der Waals surface area contributed by atoms with Crippen molar-refractivity contribution in [3.63, 3.8) is 0 Å². The number of thioether (sulfide) groups is 1. The van der Waals surface area contributed by atoms with E-state index in [-0.39, 0.29) is 37.6 Å². The highest BCUT2D eigenvalue weighted by molar-refractivity contribution is 8.00. The van der Waals surface area contributed by atoms with Gasteiger partial charge in [0.1, 0.15) is 12.6 Å². The van der Waals surface area contributed by atoms with Crippen LogP contribution >= 0.6 is 11.8 Å². The second kappa shape index (κ2) is 35.6. The Morgan fingerprint density at radius 1 is 0.769 bits per heavy atom. The van der Waals surface area contributed by atoms with Gasteiger partial charge in [-0.1, -0.05) is 146 Å². The highest BCUT2D eigenvalue weighted by Crippen LogP contribution is 2.22. The van der Waals surface area contributed by atoms with Crippen LogP contribution in [0.1, 0.15) is 149 Å². The normalized spacial score (nSPS) is 14.5. The minimum absolute atomic E-state index is 0.0478. The average molecular weight is 752 g/mol. The summed E-state index contributed by atoms with van der Waals surface area (Å²) in [5, 5.41) is 29.0. The van der Waals surface area contributed by atoms with E-state index in [0.717, 1.165) is 38.0 Å². The van der Waals surface area contributed by atoms with Crippen molar-refractivity contribution >= 4 is 29.7 Å². The number of hydrogen-bond donors (Lipinski definition) is 4. The lowest BCUT2D eigenvalue weighted by Gasteiger charge is -2.22. The number of carboxylic acids is 1. The van der Waals surface area contributed by atoms with Gasteiger partial charge in [0, 0.05) is 23.8 Å². The average Bonchev–Trinajstić information content (AvgIpc) is 3.11. The zero-order valence-corrected chi connectivity index (χ0v) is 33.5. The molecular weight excluding hydrogens is 679 g/mol. The first-order valence-electron chi connectivity index (χ1n) is 20.0. The van der Waals surface area contributed by atoms with E-state index in [1.165, 1.54) is 82.4 Å². The van der Waals surface area contributed by atoms with Gasteiger partial charge >= 0.3 is 17.9 Å². The maximum Gasteiger partial charge on any atom is 0.324 e. The Hall–Kier alpha value is -2.40. The third-order valence-electron chi connectivity index (χ3n) is 8.55. The number of aliphatic carboxylic acids is 1. The monoisotopic (exact) mass is 752 g/mol. The number of esters is 2. The molecule has 0 rings (SSSR count). The molecular formula is C42H73NO8S. The van der Waals surface area contributed by atoms with E-state index in [9.17, 15) is 24.6 Å². The number of unbranched alkanes of at least 4 members (excludes halogenated alkanes) is 12. The summed E-state index contributed by atoms with van der Waals surface area (Å²) in [7, 11) is 0. The van der Waals surface area contributed by atoms with Crippen molar-refractivity contribution in [2.24, 2.45) is 11.7 Å². The lowest BCUT2D eigenvalue weighted by Crippen LogP contribution is -2.40. The van der Waals surface area contributed by atoms with Crippen molar-refractivity contribution < 1.29 is 39.2 Å². The van der Waals surface area contributed by atoms with Crippen LogP contribution in [0, 0.1) is 5.92 Å². The molecule has 300 valence electrons. The molecule has 10 heteroatoms. The zero-order chi connectivity index (χ0) is 38.7. The Kier molecular flexibility index (Phi) is 34.0. The molecule has 0 amide bonds. The molecule has 0 aromatic heterocycles. The second-order valence-electron chi connectivity index (χ2n) is 14.1. The molecule has 0 aliphatic rings. The van der Waals surface area contributed by atoms with Gasteiger partial charge in [0.25, 0.3) is 0 Å². The van der Waals surface area contributed by atoms with Gasteiger partial charge < -0.3 is 30.5 Å². The number of ether oxygens (including phenoxy) is 2. The van der Waals surface area contributed by atoms with Crippen LogP contribution in [-0.4, -0.2) is 75.7 Å². The number of aliphatic hydroxyl groups excluding tert-OH is 2. The SMILES string of the molecule is CCCCC/C=C\C\C=C/C=C/C=C/[C@@H](SC[C@H](N)C(=O)O[C@@H](CO)COC(=O)CCCCCCCCCCCCC(C)C)[C@@H](O)CCCC(=O)O. The molecule has 0 saturated carbocycles. The summed E-state index contributed by atoms with van der Waals surface area (Å²) in [6.45, 7) is 5.98. The number of nitrogens with two attached hydrogens (primary N) is 1. The minimum Gasteiger partial charge on any atom is -0.481 e. The first-order chi connectivity index (χ1) is 25.1. The molecule has 0 unspecified atom stereocenters. The Labute approximate surface area is 320 Å². The van der Waals surface area contributed by atoms with Gasteiger partial charge in [-0.05, 0) is 44.4 Å². The molecule has 0 bridgehead atoms. The number of aliphatic hydroxyl groups is 2. The third-order valence-corrected chi connectivity index (χ3v) is 9.96. The maximum absolute atomic E-state index is 12.7. The smallest absolute Gasteiger partial charge is 0.324 e. The molecule has 5 N–H and O–H groups in total. The van der Waals surface area contributed by atoms with E-state index in [4.69, 9.17) is 20.3 Å². The molecule has 0 aliphatic carbocycles. The van der Waals surface area contributed by atoms with Crippen molar-refractivity contribution in [3.8, 4) is 0 Å². The van der Waals surface area contributed by atoms with Crippen LogP contribution in [0.15, 0.2) is 48.6 Å². The Bertz CT molecular complexity index is 1010. The summed E-state index contributed by atoms with van der Waals surface area (Å²) >= 11 is 1.26. The van der Waals surface area contributed by atoms with Gasteiger partial charge in [0.2, 0.25) is 0 Å². The molecule has 0 aromatic carbocycles. The maximum atomic E-state index is 12.7. The summed E-state index contributed by atoms with van der Waals surface area (Å²) in [6, 6.07) is -1.05. The van der Waals surface area contributed by atoms with Crippen molar-refractivity contribution in [1.82, 2.24) is 0 Å². The van der Waals surface area contributed by atoms with Crippen molar-refractivity contribution in [1.29, 1.82) is 0 Å². The van der Waals surface area contributed by atoms with Gasteiger partial charge in [-0.15, -0.1) is 11.8 Å². The quantitative estimate of drug-likeness (QED) is 0.0213. The van der Waals surface area contributed by atoms with E-state index in [1.54, 1.807) is 12.2 Å². The highest BCUT2D eigenvalue weighted by atomic mass is 32.2. The number of carboxylic acid groups (broad SMARTS) is 1. The number of hydrogen-bond acceptors (Lipinski definition) is 9. The van der Waals surface area contributed by atoms with E-state index in [1.807, 2.05) is 18.2 Å². The topological polar surface area (TPSA) is 156 Å². The van der Waals surface area contributed by atoms with Gasteiger partial charge in [0.15, 0.2) is 6.10 Å². The lowest BCUT2D eigenvalue weighted by molar-refractivity contribution is -0.162. The summed E-state index contributed by atoms with van der Waals surface area (Å²) in [4.78, 5) is 35.8. The molecule has 0 radical (unpaired) electrons. The van der Waals surface area contributed by atoms with Crippen LogP contribution < -0.4 is 5.73 Å². The zero-order valence-electron chi connectivity index (χ0n) is 32.6. The summed E-state index contributed by atoms with van der Waals surface area (Å²) in [5.41, 5.74) is 6.10. The predicted molar refractivity (Wildman–Crippen MR) is 215 cm³/mol. The van der Waals surface area contributed by atoms with Crippen LogP contribution in [0.2, 0.25) is 0 Å². The minimum atomic E-state index is -1.05. The highest BCUT2D eigenvalue weighted by Gasteiger charge is 2.24. The molecule has 52 heavy (non-hydrogen) atoms. The van der Waals surface area contributed by atoms with Gasteiger partial charge in [0.05, 0.1) is 12.7 Å². The number of allylic oxidation sites excluding steroid dienone is 7. The van der Waals surface area contributed by atoms with E-state index < -0.39 is 42.0 Å². The van der Waals surface area contributed by atoms with Crippen LogP contribution in [0.5, 0.6) is 0 Å². The van der Waals surface area contributed by atoms with Gasteiger partial charge in [-0.25, -0.2) is 0 Å². The van der Waals surface area contributed by atoms with Crippen molar-refractivity contribution in [2.75, 3.05) is 19.0 Å². The summed E-state index contributed by atoms with van der Waals surface area (Å²) < 4.78 is 10.6. The van der Waals surface area contributed by atoms with E-state index in [2.05, 4.69) is 39.0 Å². The van der Waals surface area contributed by atoms with Crippen molar-refractivity contribution in [3.05, 3.63) is 48.6 Å². The van der Waals surface area contributed by atoms with Gasteiger partial charge in [-0.3, -0.25) is 14.4 Å². The lowest BCUT2D eigenvalue weighted by atomic mass is 10.0. The second-order valence-corrected chi connectivity index (χ2v) is 15.3. The third kappa shape index (κ3) is 32.3. The first-order valence-corrected chi connectivity index (χ1v) is 21.0. The largest absolute Gasteiger partial charge is 0.481 e. The van der Waals surface area contributed by atoms with Crippen LogP contribution in [-0.2, 0) is 23.9 Å². The molecule has 0 heterocycles. The Morgan fingerprint density at radius 3 is 2.06 bits per heavy atom. The molecule has 9 nitrogen and oxygen atoms in total. The Balaban J connectivity index is 4.55. The molecule has 0 aromatic rings. The molecule has 0 aliphatic heterocycles. The van der Waals surface area contributed by atoms with Crippen LogP contribution in [0.25, 0.3) is 0 Å². The van der Waals surface area contributed by atoms with Crippen LogP contribution in [0.3, 0.4) is 0 Å². The molecule has 4 atom stereocenters. The Morgan fingerprint density at radius 2 is 1.42 bits per heavy atom. The standard InChI is InChI=1S/C42H73NO8S/c1-4-5-6-7-8-9-10-11-15-18-21-24-29-39(38(45)28-26-30-40(46)47)52-34-37(43)42(49)51-36(32-44)33-50-41(48)31-25-22-19-16-13-12-14-17-20-23-27-35(2)3/h8-9,11,15,18,21,24,29,35-39,44-45H,4-7,10,12-14,16-17,19-20,22-23,25-28,30-34,43H2,1-3H3,(H,46,47)/b9-8-,15-11-,21-18+,29-24+/t36-,37-,38-,39+/m0/s1. The molecule has 0 saturated heterocycles. The fourth-order valence-electron chi connectivity index (χ4n) is 5.34. The van der Waals surface area contributed by atoms with E-state index in [0.29, 0.717) is 6.42 Å². The summed E-state index contributed by atoms with van der Waals surface area (Å²) in [5.74, 6) is -1.14. The fourth-order valence-corrected chi connectivity index (χ4v) is 6.46. The summed E-state index contributed by atoms with van der Waals surface area (Å²) in [6.07, 6.45) is 33.4. The van der Waals surface area contributed by atoms with E-state index >= 15 is 0 Å². The number of carbonyl (C=O) groups is 3. The van der Waals surface area contributed by atoms with Crippen molar-refractivity contribution in [2.45, 2.75) is 173 Å².